The number of aldehydes is 1. The topological polar surface area (TPSA) is 30.2 Å². The summed E-state index contributed by atoms with van der Waals surface area (Å²) < 4.78 is 5.80. The van der Waals surface area contributed by atoms with Crippen molar-refractivity contribution < 1.29 is 9.21 Å². The molecule has 3 rings (SSSR count). The Morgan fingerprint density at radius 2 is 1.82 bits per heavy atom. The van der Waals surface area contributed by atoms with Crippen molar-refractivity contribution in [2.75, 3.05) is 0 Å². The van der Waals surface area contributed by atoms with Crippen LogP contribution in [0.25, 0.3) is 11.3 Å². The van der Waals surface area contributed by atoms with E-state index in [4.69, 9.17) is 4.42 Å². The normalized spacial score (nSPS) is 16.8. The molecule has 1 aliphatic rings. The molecule has 1 aromatic carbocycles. The Balaban J connectivity index is 1.95. The number of hydrogen-bond donors (Lipinski definition) is 0. The summed E-state index contributed by atoms with van der Waals surface area (Å²) in [5.41, 5.74) is 1.97. The lowest BCUT2D eigenvalue weighted by Gasteiger charge is -2.02. The van der Waals surface area contributed by atoms with E-state index in [2.05, 4.69) is 19.1 Å². The van der Waals surface area contributed by atoms with Crippen LogP contribution in [-0.2, 0) is 10.2 Å². The van der Waals surface area contributed by atoms with E-state index in [0.717, 1.165) is 36.2 Å². The summed E-state index contributed by atoms with van der Waals surface area (Å²) in [5, 5.41) is 0. The van der Waals surface area contributed by atoms with Crippen molar-refractivity contribution >= 4 is 6.29 Å². The average Bonchev–Trinajstić information content (AvgIpc) is 3.00. The highest BCUT2D eigenvalue weighted by molar-refractivity contribution is 5.72. The fourth-order valence-electron chi connectivity index (χ4n) is 2.04. The molecule has 2 heteroatoms. The molecule has 0 bridgehead atoms. The molecular formula is C15H14O2. The summed E-state index contributed by atoms with van der Waals surface area (Å²) >= 11 is 0. The molecule has 1 aliphatic carbocycles. The van der Waals surface area contributed by atoms with Crippen LogP contribution >= 0.6 is 0 Å². The van der Waals surface area contributed by atoms with Gasteiger partial charge in [0.15, 0.2) is 0 Å². The molecular weight excluding hydrogens is 212 g/mol. The first kappa shape index (κ1) is 10.3. The molecule has 86 valence electrons. The summed E-state index contributed by atoms with van der Waals surface area (Å²) in [5.74, 6) is 1.65. The molecule has 0 spiro atoms. The second-order valence-corrected chi connectivity index (χ2v) is 4.80. The first-order chi connectivity index (χ1) is 8.23. The second kappa shape index (κ2) is 3.59. The van der Waals surface area contributed by atoms with Gasteiger partial charge in [-0.25, -0.2) is 0 Å². The van der Waals surface area contributed by atoms with Crippen LogP contribution in [0.3, 0.4) is 0 Å². The molecule has 0 N–H and O–H groups in total. The number of hydrogen-bond acceptors (Lipinski definition) is 2. The van der Waals surface area contributed by atoms with Crippen molar-refractivity contribution in [3.8, 4) is 11.3 Å². The summed E-state index contributed by atoms with van der Waals surface area (Å²) in [6, 6.07) is 12.1. The molecule has 2 aromatic rings. The maximum Gasteiger partial charge on any atom is 0.134 e. The van der Waals surface area contributed by atoms with Gasteiger partial charge in [-0.3, -0.25) is 0 Å². The number of aryl methyl sites for hydroxylation is 1. The van der Waals surface area contributed by atoms with Crippen LogP contribution in [0.5, 0.6) is 0 Å². The van der Waals surface area contributed by atoms with Gasteiger partial charge in [-0.1, -0.05) is 29.8 Å². The number of carbonyl (C=O) groups excluding carboxylic acids is 1. The third-order valence-corrected chi connectivity index (χ3v) is 3.45. The average molecular weight is 226 g/mol. The van der Waals surface area contributed by atoms with Gasteiger partial charge in [0.1, 0.15) is 17.8 Å². The predicted molar refractivity (Wildman–Crippen MR) is 65.9 cm³/mol. The van der Waals surface area contributed by atoms with E-state index in [9.17, 15) is 4.79 Å². The van der Waals surface area contributed by atoms with Crippen LogP contribution in [0, 0.1) is 6.92 Å². The monoisotopic (exact) mass is 226 g/mol. The van der Waals surface area contributed by atoms with Crippen molar-refractivity contribution in [3.63, 3.8) is 0 Å². The minimum Gasteiger partial charge on any atom is -0.460 e. The molecule has 17 heavy (non-hydrogen) atoms. The van der Waals surface area contributed by atoms with Crippen LogP contribution in [0.4, 0.5) is 0 Å². The molecule has 1 saturated carbocycles. The van der Waals surface area contributed by atoms with Gasteiger partial charge in [-0.2, -0.15) is 0 Å². The smallest absolute Gasteiger partial charge is 0.134 e. The molecule has 0 amide bonds. The van der Waals surface area contributed by atoms with Crippen molar-refractivity contribution in [2.24, 2.45) is 0 Å². The van der Waals surface area contributed by atoms with Gasteiger partial charge in [-0.05, 0) is 31.9 Å². The first-order valence-corrected chi connectivity index (χ1v) is 5.87. The van der Waals surface area contributed by atoms with Crippen molar-refractivity contribution in [1.82, 2.24) is 0 Å². The van der Waals surface area contributed by atoms with Crippen LogP contribution in [0.1, 0.15) is 24.2 Å². The Kier molecular flexibility index (Phi) is 2.18. The van der Waals surface area contributed by atoms with E-state index in [1.165, 1.54) is 5.56 Å². The first-order valence-electron chi connectivity index (χ1n) is 5.87. The van der Waals surface area contributed by atoms with Gasteiger partial charge in [0.05, 0.1) is 5.41 Å². The summed E-state index contributed by atoms with van der Waals surface area (Å²) in [6.07, 6.45) is 2.85. The number of furan rings is 1. The number of carbonyl (C=O) groups is 1. The Bertz CT molecular complexity index is 545. The Labute approximate surface area is 100 Å². The lowest BCUT2D eigenvalue weighted by Crippen LogP contribution is -2.05. The molecule has 1 fully saturated rings. The van der Waals surface area contributed by atoms with Crippen LogP contribution < -0.4 is 0 Å². The predicted octanol–water partition coefficient (Wildman–Crippen LogP) is 3.49. The third kappa shape index (κ3) is 1.70. The highest BCUT2D eigenvalue weighted by Crippen LogP contribution is 2.47. The van der Waals surface area contributed by atoms with Crippen LogP contribution in [0.15, 0.2) is 40.8 Å². The van der Waals surface area contributed by atoms with Gasteiger partial charge in [0, 0.05) is 5.56 Å². The van der Waals surface area contributed by atoms with Crippen LogP contribution in [-0.4, -0.2) is 6.29 Å². The molecule has 0 radical (unpaired) electrons. The lowest BCUT2D eigenvalue weighted by atomic mass is 10.1. The molecule has 0 atom stereocenters. The molecule has 2 nitrogen and oxygen atoms in total. The third-order valence-electron chi connectivity index (χ3n) is 3.45. The fraction of sp³-hybridized carbons (Fsp3) is 0.267. The minimum atomic E-state index is -0.317. The van der Waals surface area contributed by atoms with E-state index in [-0.39, 0.29) is 5.41 Å². The summed E-state index contributed by atoms with van der Waals surface area (Å²) in [7, 11) is 0. The zero-order chi connectivity index (χ0) is 11.9. The standard InChI is InChI=1S/C15H14O2/c1-11-2-4-12(5-3-11)13-6-7-14(17-13)15(10-16)8-9-15/h2-7,10H,8-9H2,1H3. The Morgan fingerprint density at radius 3 is 2.41 bits per heavy atom. The van der Waals surface area contributed by atoms with Gasteiger partial charge in [0.25, 0.3) is 0 Å². The zero-order valence-electron chi connectivity index (χ0n) is 9.77. The largest absolute Gasteiger partial charge is 0.460 e. The summed E-state index contributed by atoms with van der Waals surface area (Å²) in [4.78, 5) is 11.0. The molecule has 0 unspecified atom stereocenters. The SMILES string of the molecule is Cc1ccc(-c2ccc(C3(C=O)CC3)o2)cc1. The molecule has 1 aromatic heterocycles. The van der Waals surface area contributed by atoms with E-state index in [1.807, 2.05) is 24.3 Å². The second-order valence-electron chi connectivity index (χ2n) is 4.80. The van der Waals surface area contributed by atoms with E-state index < -0.39 is 0 Å². The maximum absolute atomic E-state index is 11.0. The maximum atomic E-state index is 11.0. The van der Waals surface area contributed by atoms with Crippen LogP contribution in [0.2, 0.25) is 0 Å². The van der Waals surface area contributed by atoms with Crippen molar-refractivity contribution in [2.45, 2.75) is 25.2 Å². The highest BCUT2D eigenvalue weighted by atomic mass is 16.3. The van der Waals surface area contributed by atoms with Gasteiger partial charge < -0.3 is 9.21 Å². The highest BCUT2D eigenvalue weighted by Gasteiger charge is 2.47. The quantitative estimate of drug-likeness (QED) is 0.750. The number of rotatable bonds is 3. The Hall–Kier alpha value is -1.83. The van der Waals surface area contributed by atoms with Gasteiger partial charge >= 0.3 is 0 Å². The zero-order valence-corrected chi connectivity index (χ0v) is 9.77. The van der Waals surface area contributed by atoms with Crippen molar-refractivity contribution in [1.29, 1.82) is 0 Å². The lowest BCUT2D eigenvalue weighted by molar-refractivity contribution is -0.110. The summed E-state index contributed by atoms with van der Waals surface area (Å²) in [6.45, 7) is 2.06. The Morgan fingerprint density at radius 1 is 1.12 bits per heavy atom. The van der Waals surface area contributed by atoms with E-state index >= 15 is 0 Å². The van der Waals surface area contributed by atoms with E-state index in [1.54, 1.807) is 0 Å². The van der Waals surface area contributed by atoms with Gasteiger partial charge in [0.2, 0.25) is 0 Å². The minimum absolute atomic E-state index is 0.317. The number of benzene rings is 1. The fourth-order valence-corrected chi connectivity index (χ4v) is 2.04. The molecule has 0 aliphatic heterocycles. The molecule has 0 saturated heterocycles. The molecule has 1 heterocycles. The van der Waals surface area contributed by atoms with Crippen molar-refractivity contribution in [3.05, 3.63) is 47.7 Å². The van der Waals surface area contributed by atoms with E-state index in [0.29, 0.717) is 0 Å². The van der Waals surface area contributed by atoms with Gasteiger partial charge in [-0.15, -0.1) is 0 Å².